The maximum atomic E-state index is 13.7. The van der Waals surface area contributed by atoms with E-state index in [0.717, 1.165) is 22.4 Å². The number of sulfonamides is 1. The maximum absolute atomic E-state index is 13.7. The van der Waals surface area contributed by atoms with Gasteiger partial charge in [-0.1, -0.05) is 72.8 Å². The van der Waals surface area contributed by atoms with Crippen molar-refractivity contribution in [3.05, 3.63) is 186 Å². The summed E-state index contributed by atoms with van der Waals surface area (Å²) in [7, 11) is 1.43. The van der Waals surface area contributed by atoms with E-state index in [4.69, 9.17) is 38.0 Å². The molecule has 6 aromatic carbocycles. The number of rotatable bonds is 29. The van der Waals surface area contributed by atoms with Crippen molar-refractivity contribution in [1.29, 1.82) is 5.26 Å². The largest absolute Gasteiger partial charge is 0.497 e. The van der Waals surface area contributed by atoms with Crippen LogP contribution in [0.25, 0.3) is 11.2 Å². The molecule has 4 atom stereocenters. The summed E-state index contributed by atoms with van der Waals surface area (Å²) in [5.74, 6) is 1.40. The van der Waals surface area contributed by atoms with Crippen molar-refractivity contribution < 1.29 is 41.2 Å². The average molecular weight is 1220 g/mol. The highest BCUT2D eigenvalue weighted by Gasteiger charge is 2.46. The van der Waals surface area contributed by atoms with E-state index in [1.807, 2.05) is 133 Å². The van der Waals surface area contributed by atoms with Crippen LogP contribution in [-0.4, -0.2) is 117 Å². The summed E-state index contributed by atoms with van der Waals surface area (Å²) < 4.78 is 73.7. The molecule has 1 amide bonds. The molecule has 0 radical (unpaired) electrons. The van der Waals surface area contributed by atoms with Gasteiger partial charge in [0.25, 0.3) is 14.4 Å². The van der Waals surface area contributed by atoms with Crippen LogP contribution in [0.2, 0.25) is 0 Å². The third-order valence-corrected chi connectivity index (χ3v) is 18.1. The van der Waals surface area contributed by atoms with Crippen LogP contribution in [0.15, 0.2) is 179 Å². The third-order valence-electron chi connectivity index (χ3n) is 14.5. The molecule has 0 saturated carbocycles. The molecular formula is C64H73N12O9PS. The molecule has 1 aliphatic rings. The number of ether oxygens (including phenoxy) is 4. The summed E-state index contributed by atoms with van der Waals surface area (Å²) in [6, 6.07) is 50.2. The van der Waals surface area contributed by atoms with E-state index in [9.17, 15) is 18.5 Å². The number of azo groups is 1. The van der Waals surface area contributed by atoms with E-state index < -0.39 is 48.5 Å². The molecule has 0 aliphatic carbocycles. The Bertz CT molecular complexity index is 3650. The van der Waals surface area contributed by atoms with Gasteiger partial charge in [0.1, 0.15) is 35.8 Å². The number of carbonyl (C=O) groups excluding carboxylic acids is 1. The fourth-order valence-electron chi connectivity index (χ4n) is 10.2. The van der Waals surface area contributed by atoms with Crippen molar-refractivity contribution >= 4 is 64.4 Å². The molecule has 454 valence electrons. The number of amides is 1. The summed E-state index contributed by atoms with van der Waals surface area (Å²) >= 11 is 0. The first kappa shape index (κ1) is 63.3. The van der Waals surface area contributed by atoms with Crippen molar-refractivity contribution in [2.75, 3.05) is 70.2 Å². The van der Waals surface area contributed by atoms with Gasteiger partial charge in [-0.3, -0.25) is 9.36 Å². The van der Waals surface area contributed by atoms with Gasteiger partial charge in [-0.15, -0.1) is 0 Å². The summed E-state index contributed by atoms with van der Waals surface area (Å²) in [5, 5.41) is 24.6. The minimum Gasteiger partial charge on any atom is -0.497 e. The fraction of sp³-hybridized carbons (Fsp3) is 0.328. The van der Waals surface area contributed by atoms with Gasteiger partial charge in [0, 0.05) is 56.9 Å². The highest BCUT2D eigenvalue weighted by molar-refractivity contribution is 7.89. The Kier molecular flexibility index (Phi) is 21.4. The number of carbonyl (C=O) groups is 1. The topological polar surface area (TPSA) is 241 Å². The zero-order valence-electron chi connectivity index (χ0n) is 50.0. The van der Waals surface area contributed by atoms with Crippen molar-refractivity contribution in [2.24, 2.45) is 10.2 Å². The minimum atomic E-state index is -3.93. The van der Waals surface area contributed by atoms with Gasteiger partial charge in [0.05, 0.1) is 62.3 Å². The number of anilines is 3. The highest BCUT2D eigenvalue weighted by atomic mass is 32.2. The number of fused-ring (bicyclic) bond motifs is 1. The first-order valence-electron chi connectivity index (χ1n) is 28.6. The standard InChI is InChI=1S/C64H73N12O9PS/c1-44(2)76(45(3)4)86(83-40-15-37-65)85-56-41-58(84-57(56)42-82-64(47-19-13-10-14-20-47,48-21-31-53(80-7)32-22-48)49-23-33-54(81-8)34-24-49)75-61-59(60(67-43-68-61)71-62(77)46-17-11-9-12-18-46)70-63(75)66-38-16-39-69-87(78,79)55-35-27-51(28-36-55)73-72-50-25-29-52(30-26-50)74(5)6/h9-14,17-36,43-45,56-58,69H,15-16,38-42H2,1-8H3,(H,66,70)(H,67,68,71,77)/t56-,57+,58+,86?/m0/s1. The molecular weight excluding hydrogens is 1140 g/mol. The number of hydrogen-bond donors (Lipinski definition) is 3. The maximum Gasteiger partial charge on any atom is 0.259 e. The molecule has 23 heteroatoms. The van der Waals surface area contributed by atoms with Crippen molar-refractivity contribution in [1.82, 2.24) is 28.9 Å². The third kappa shape index (κ3) is 15.3. The average Bonchev–Trinajstić information content (AvgIpc) is 2.05. The van der Waals surface area contributed by atoms with Crippen LogP contribution < -0.4 is 29.7 Å². The van der Waals surface area contributed by atoms with Crippen LogP contribution in [-0.2, 0) is 34.1 Å². The van der Waals surface area contributed by atoms with Crippen molar-refractivity contribution in [3.8, 4) is 17.6 Å². The van der Waals surface area contributed by atoms with Crippen LogP contribution in [0.1, 0.15) is 80.2 Å². The van der Waals surface area contributed by atoms with E-state index in [2.05, 4.69) is 69.0 Å². The number of hydrogen-bond acceptors (Lipinski definition) is 18. The molecule has 9 rings (SSSR count). The van der Waals surface area contributed by atoms with Gasteiger partial charge in [0.15, 0.2) is 17.0 Å². The van der Waals surface area contributed by atoms with Crippen LogP contribution in [0.3, 0.4) is 0 Å². The lowest BCUT2D eigenvalue weighted by Crippen LogP contribution is -2.39. The number of imidazole rings is 1. The number of nitrogens with one attached hydrogen (secondary N) is 3. The highest BCUT2D eigenvalue weighted by Crippen LogP contribution is 2.51. The summed E-state index contributed by atoms with van der Waals surface area (Å²) in [6.07, 6.45) is -0.296. The van der Waals surface area contributed by atoms with Gasteiger partial charge < -0.3 is 43.5 Å². The summed E-state index contributed by atoms with van der Waals surface area (Å²) in [5.41, 5.74) is 4.44. The summed E-state index contributed by atoms with van der Waals surface area (Å²) in [6.45, 7) is 8.71. The fourth-order valence-corrected chi connectivity index (χ4v) is 13.0. The first-order chi connectivity index (χ1) is 42.1. The quantitative estimate of drug-likeness (QED) is 0.0171. The van der Waals surface area contributed by atoms with E-state index in [1.54, 1.807) is 50.6 Å². The van der Waals surface area contributed by atoms with Crippen LogP contribution in [0.5, 0.6) is 11.5 Å². The predicted octanol–water partition coefficient (Wildman–Crippen LogP) is 12.3. The summed E-state index contributed by atoms with van der Waals surface area (Å²) in [4.78, 5) is 30.1. The number of nitriles is 1. The number of aromatic nitrogens is 4. The molecule has 0 spiro atoms. The Morgan fingerprint density at radius 2 is 1.38 bits per heavy atom. The van der Waals surface area contributed by atoms with E-state index in [1.165, 1.54) is 18.5 Å². The smallest absolute Gasteiger partial charge is 0.259 e. The Labute approximate surface area is 509 Å². The van der Waals surface area contributed by atoms with Crippen LogP contribution >= 0.6 is 8.53 Å². The lowest BCUT2D eigenvalue weighted by molar-refractivity contribution is -0.0908. The zero-order valence-corrected chi connectivity index (χ0v) is 51.7. The normalized spacial score (nSPS) is 15.7. The van der Waals surface area contributed by atoms with Gasteiger partial charge in [-0.2, -0.15) is 15.5 Å². The first-order valence-corrected chi connectivity index (χ1v) is 31.2. The Morgan fingerprint density at radius 3 is 1.95 bits per heavy atom. The number of methoxy groups -OCH3 is 2. The minimum absolute atomic E-state index is 0.0125. The number of nitrogens with zero attached hydrogens (tertiary/aromatic N) is 9. The van der Waals surface area contributed by atoms with E-state index >= 15 is 0 Å². The molecule has 3 N–H and O–H groups in total. The lowest BCUT2D eigenvalue weighted by Gasteiger charge is -2.39. The van der Waals surface area contributed by atoms with Crippen LogP contribution in [0.4, 0.5) is 28.8 Å². The van der Waals surface area contributed by atoms with Crippen molar-refractivity contribution in [2.45, 2.75) is 88.0 Å². The Hall–Kier alpha value is -8.23. The SMILES string of the molecule is COc1ccc(C(OC[C@H]2O[C@@H](n3c(NCCCNS(=O)(=O)c4ccc(N=Nc5ccc(N(C)C)cc5)cc4)nc4c(NC(=O)c5ccccc5)ncnc43)C[C@@H]2OP(OCCC#N)N(C(C)C)C(C)C)(c2ccccc2)c2ccc(OC)cc2)cc1. The second-order valence-electron chi connectivity index (χ2n) is 21.2. The van der Waals surface area contributed by atoms with Crippen molar-refractivity contribution in [3.63, 3.8) is 0 Å². The monoisotopic (exact) mass is 1220 g/mol. The van der Waals surface area contributed by atoms with Gasteiger partial charge in [-0.25, -0.2) is 32.8 Å². The molecule has 21 nitrogen and oxygen atoms in total. The van der Waals surface area contributed by atoms with E-state index in [-0.39, 0.29) is 67.5 Å². The van der Waals surface area contributed by atoms with Gasteiger partial charge >= 0.3 is 0 Å². The lowest BCUT2D eigenvalue weighted by atomic mass is 9.80. The van der Waals surface area contributed by atoms with Gasteiger partial charge in [-0.05, 0) is 136 Å². The van der Waals surface area contributed by atoms with Gasteiger partial charge in [0.2, 0.25) is 16.0 Å². The second kappa shape index (κ2) is 29.4. The molecule has 1 saturated heterocycles. The zero-order chi connectivity index (χ0) is 61.5. The molecule has 0 bridgehead atoms. The van der Waals surface area contributed by atoms with E-state index in [0.29, 0.717) is 46.5 Å². The second-order valence-corrected chi connectivity index (χ2v) is 24.3. The Balaban J connectivity index is 1.04. The molecule has 8 aromatic rings. The predicted molar refractivity (Wildman–Crippen MR) is 336 cm³/mol. The molecule has 2 aromatic heterocycles. The molecule has 1 unspecified atom stereocenters. The molecule has 1 aliphatic heterocycles. The number of benzene rings is 6. The molecule has 3 heterocycles. The van der Waals surface area contributed by atoms with Crippen LogP contribution in [0, 0.1) is 11.3 Å². The molecule has 1 fully saturated rings. The molecule has 87 heavy (non-hydrogen) atoms. The Morgan fingerprint density at radius 1 is 0.793 bits per heavy atom.